The standard InChI is InChI=1S/C14H16N4O6S/c1-6-10(18(21)22)7(2)17(16-6)5-8-9(13(19)23-3)12(15)25-11(8)14(20)24-4/h5,15H2,1-4H3. The molecule has 0 unspecified atom stereocenters. The second-order valence-electron chi connectivity index (χ2n) is 5.07. The van der Waals surface area contributed by atoms with Gasteiger partial charge >= 0.3 is 17.6 Å². The highest BCUT2D eigenvalue weighted by Gasteiger charge is 2.29. The molecule has 11 heteroatoms. The first-order valence-electron chi connectivity index (χ1n) is 6.99. The zero-order chi connectivity index (χ0) is 18.9. The maximum absolute atomic E-state index is 12.0. The van der Waals surface area contributed by atoms with Gasteiger partial charge in [0.05, 0.1) is 31.3 Å². The molecule has 10 nitrogen and oxygen atoms in total. The van der Waals surface area contributed by atoms with Crippen LogP contribution >= 0.6 is 11.3 Å². The Morgan fingerprint density at radius 1 is 1.28 bits per heavy atom. The van der Waals surface area contributed by atoms with Gasteiger partial charge in [-0.15, -0.1) is 11.3 Å². The van der Waals surface area contributed by atoms with Crippen LogP contribution in [0.3, 0.4) is 0 Å². The van der Waals surface area contributed by atoms with Crippen molar-refractivity contribution in [3.8, 4) is 0 Å². The smallest absolute Gasteiger partial charge is 0.348 e. The highest BCUT2D eigenvalue weighted by molar-refractivity contribution is 7.18. The second kappa shape index (κ2) is 6.89. The average molecular weight is 368 g/mol. The maximum atomic E-state index is 12.0. The summed E-state index contributed by atoms with van der Waals surface area (Å²) in [7, 11) is 2.39. The number of rotatable bonds is 5. The summed E-state index contributed by atoms with van der Waals surface area (Å²) in [5, 5.41) is 15.4. The van der Waals surface area contributed by atoms with E-state index in [4.69, 9.17) is 15.2 Å². The van der Waals surface area contributed by atoms with Crippen LogP contribution in [0.1, 0.15) is 37.0 Å². The van der Waals surface area contributed by atoms with Crippen molar-refractivity contribution in [1.82, 2.24) is 9.78 Å². The van der Waals surface area contributed by atoms with Gasteiger partial charge in [-0.25, -0.2) is 9.59 Å². The Morgan fingerprint density at radius 2 is 1.88 bits per heavy atom. The fraction of sp³-hybridized carbons (Fsp3) is 0.357. The first-order valence-corrected chi connectivity index (χ1v) is 7.80. The summed E-state index contributed by atoms with van der Waals surface area (Å²) in [4.78, 5) is 34.8. The molecule has 0 fully saturated rings. The molecule has 0 aliphatic heterocycles. The number of hydrogen-bond donors (Lipinski definition) is 1. The third kappa shape index (κ3) is 3.18. The number of anilines is 1. The number of carbonyl (C=O) groups excluding carboxylic acids is 2. The van der Waals surface area contributed by atoms with E-state index in [0.29, 0.717) is 5.69 Å². The minimum atomic E-state index is -0.713. The normalized spacial score (nSPS) is 10.6. The predicted octanol–water partition coefficient (Wildman–Crippen LogP) is 1.67. The van der Waals surface area contributed by atoms with Crippen molar-refractivity contribution in [3.05, 3.63) is 37.5 Å². The van der Waals surface area contributed by atoms with Crippen LogP contribution < -0.4 is 5.73 Å². The molecule has 0 radical (unpaired) electrons. The van der Waals surface area contributed by atoms with E-state index in [1.807, 2.05) is 0 Å². The van der Waals surface area contributed by atoms with Gasteiger partial charge < -0.3 is 15.2 Å². The van der Waals surface area contributed by atoms with Gasteiger partial charge in [-0.3, -0.25) is 14.8 Å². The van der Waals surface area contributed by atoms with Gasteiger partial charge in [-0.2, -0.15) is 5.10 Å². The molecule has 0 aliphatic rings. The molecular weight excluding hydrogens is 352 g/mol. The number of nitrogen functional groups attached to an aromatic ring is 1. The average Bonchev–Trinajstić information content (AvgIpc) is 3.02. The Morgan fingerprint density at radius 3 is 2.36 bits per heavy atom. The molecule has 0 spiro atoms. The topological polar surface area (TPSA) is 140 Å². The number of aromatic nitrogens is 2. The Balaban J connectivity index is 2.62. The summed E-state index contributed by atoms with van der Waals surface area (Å²) in [5.41, 5.74) is 6.54. The van der Waals surface area contributed by atoms with Gasteiger partial charge in [0.25, 0.3) is 0 Å². The van der Waals surface area contributed by atoms with Crippen LogP contribution in [0.15, 0.2) is 0 Å². The summed E-state index contributed by atoms with van der Waals surface area (Å²) in [5.74, 6) is -1.38. The Kier molecular flexibility index (Phi) is 5.07. The fourth-order valence-electron chi connectivity index (χ4n) is 2.47. The van der Waals surface area contributed by atoms with Gasteiger partial charge in [-0.05, 0) is 13.8 Å². The van der Waals surface area contributed by atoms with Gasteiger partial charge in [0.15, 0.2) is 0 Å². The molecule has 0 aromatic carbocycles. The van der Waals surface area contributed by atoms with Crippen LogP contribution in [0.4, 0.5) is 10.7 Å². The van der Waals surface area contributed by atoms with Gasteiger partial charge in [-0.1, -0.05) is 0 Å². The minimum absolute atomic E-state index is 0.0307. The fourth-order valence-corrected chi connectivity index (χ4v) is 3.46. The van der Waals surface area contributed by atoms with Gasteiger partial charge in [0.2, 0.25) is 0 Å². The van der Waals surface area contributed by atoms with Crippen LogP contribution in [0.25, 0.3) is 0 Å². The van der Waals surface area contributed by atoms with E-state index < -0.39 is 16.9 Å². The molecule has 0 aliphatic carbocycles. The van der Waals surface area contributed by atoms with Crippen LogP contribution in [0.5, 0.6) is 0 Å². The monoisotopic (exact) mass is 368 g/mol. The highest BCUT2D eigenvalue weighted by atomic mass is 32.1. The van der Waals surface area contributed by atoms with Crippen LogP contribution in [-0.2, 0) is 16.0 Å². The summed E-state index contributed by atoms with van der Waals surface area (Å²) >= 11 is 0.887. The molecule has 0 saturated heterocycles. The molecular formula is C14H16N4O6S. The molecule has 0 amide bonds. The van der Waals surface area contributed by atoms with Crippen molar-refractivity contribution in [2.75, 3.05) is 20.0 Å². The first-order chi connectivity index (χ1) is 11.7. The lowest BCUT2D eigenvalue weighted by Gasteiger charge is -2.08. The second-order valence-corrected chi connectivity index (χ2v) is 6.12. The quantitative estimate of drug-likeness (QED) is 0.477. The number of thiophene rings is 1. The van der Waals surface area contributed by atoms with E-state index in [1.165, 1.54) is 32.7 Å². The highest BCUT2D eigenvalue weighted by Crippen LogP contribution is 2.34. The number of hydrogen-bond acceptors (Lipinski definition) is 9. The zero-order valence-electron chi connectivity index (χ0n) is 14.0. The molecule has 0 atom stereocenters. The summed E-state index contributed by atoms with van der Waals surface area (Å²) < 4.78 is 10.8. The lowest BCUT2D eigenvalue weighted by Crippen LogP contribution is -2.13. The number of nitro groups is 1. The lowest BCUT2D eigenvalue weighted by atomic mass is 10.1. The van der Waals surface area contributed by atoms with E-state index in [-0.39, 0.29) is 38.9 Å². The van der Waals surface area contributed by atoms with E-state index in [2.05, 4.69) is 5.10 Å². The van der Waals surface area contributed by atoms with Crippen LogP contribution in [0.2, 0.25) is 0 Å². The van der Waals surface area contributed by atoms with Crippen molar-refractivity contribution in [3.63, 3.8) is 0 Å². The number of esters is 2. The first kappa shape index (κ1) is 18.4. The molecule has 0 bridgehead atoms. The zero-order valence-corrected chi connectivity index (χ0v) is 14.8. The summed E-state index contributed by atoms with van der Waals surface area (Å²) in [6, 6.07) is 0. The number of methoxy groups -OCH3 is 2. The largest absolute Gasteiger partial charge is 0.465 e. The van der Waals surface area contributed by atoms with Crippen molar-refractivity contribution >= 4 is 34.0 Å². The Labute approximate surface area is 146 Å². The Hall–Kier alpha value is -2.95. The van der Waals surface area contributed by atoms with E-state index in [9.17, 15) is 19.7 Å². The summed E-state index contributed by atoms with van der Waals surface area (Å²) in [6.07, 6.45) is 0. The van der Waals surface area contributed by atoms with E-state index in [1.54, 1.807) is 0 Å². The number of nitrogens with zero attached hydrogens (tertiary/aromatic N) is 3. The molecule has 0 saturated carbocycles. The number of ether oxygens (including phenoxy) is 2. The van der Waals surface area contributed by atoms with Crippen molar-refractivity contribution in [1.29, 1.82) is 0 Å². The van der Waals surface area contributed by atoms with Gasteiger partial charge in [0.1, 0.15) is 21.3 Å². The SMILES string of the molecule is COC(=O)c1sc(N)c(C(=O)OC)c1Cn1nc(C)c([N+](=O)[O-])c1C. The van der Waals surface area contributed by atoms with E-state index >= 15 is 0 Å². The molecule has 2 aromatic rings. The van der Waals surface area contributed by atoms with Crippen molar-refractivity contribution < 1.29 is 24.0 Å². The van der Waals surface area contributed by atoms with E-state index in [0.717, 1.165) is 11.3 Å². The molecule has 2 aromatic heterocycles. The van der Waals surface area contributed by atoms with Gasteiger partial charge in [0, 0.05) is 5.56 Å². The molecule has 2 N–H and O–H groups in total. The molecule has 2 rings (SSSR count). The number of aryl methyl sites for hydroxylation is 1. The molecule has 2 heterocycles. The van der Waals surface area contributed by atoms with Crippen LogP contribution in [-0.4, -0.2) is 40.9 Å². The Bertz CT molecular complexity index is 869. The molecule has 134 valence electrons. The lowest BCUT2D eigenvalue weighted by molar-refractivity contribution is -0.386. The maximum Gasteiger partial charge on any atom is 0.348 e. The summed E-state index contributed by atoms with van der Waals surface area (Å²) in [6.45, 7) is 2.97. The van der Waals surface area contributed by atoms with Crippen molar-refractivity contribution in [2.24, 2.45) is 0 Å². The predicted molar refractivity (Wildman–Crippen MR) is 88.9 cm³/mol. The minimum Gasteiger partial charge on any atom is -0.465 e. The third-order valence-corrected chi connectivity index (χ3v) is 4.67. The van der Waals surface area contributed by atoms with Crippen LogP contribution in [0, 0.1) is 24.0 Å². The van der Waals surface area contributed by atoms with Crippen molar-refractivity contribution in [2.45, 2.75) is 20.4 Å². The number of nitrogens with two attached hydrogens (primary N) is 1. The third-order valence-electron chi connectivity index (χ3n) is 3.63. The molecule has 25 heavy (non-hydrogen) atoms. The number of carbonyl (C=O) groups is 2.